The minimum absolute atomic E-state index is 0.138. The molecule has 7 rings (SSSR count). The van der Waals surface area contributed by atoms with Gasteiger partial charge in [-0.1, -0.05) is 92.7 Å². The predicted octanol–water partition coefficient (Wildman–Crippen LogP) is 9.20. The summed E-state index contributed by atoms with van der Waals surface area (Å²) in [4.78, 5) is 7.84. The van der Waals surface area contributed by atoms with Crippen molar-refractivity contribution in [3.63, 3.8) is 0 Å². The molecule has 3 heterocycles. The number of imidazole rings is 1. The highest BCUT2D eigenvalue weighted by molar-refractivity contribution is 8.34. The molecule has 1 aliphatic heterocycles. The van der Waals surface area contributed by atoms with Crippen molar-refractivity contribution in [1.82, 2.24) is 9.38 Å². The highest BCUT2D eigenvalue weighted by atomic mass is 32.3. The number of rotatable bonds is 2. The summed E-state index contributed by atoms with van der Waals surface area (Å²) in [5.74, 6) is 0. The Hall–Kier alpha value is -3.56. The zero-order valence-corrected chi connectivity index (χ0v) is 21.5. The molecule has 2 nitrogen and oxygen atoms in total. The van der Waals surface area contributed by atoms with E-state index in [1.165, 1.54) is 42.1 Å². The molecule has 0 amide bonds. The van der Waals surface area contributed by atoms with Gasteiger partial charge in [0.1, 0.15) is 5.65 Å². The van der Waals surface area contributed by atoms with Crippen LogP contribution < -0.4 is 0 Å². The van der Waals surface area contributed by atoms with Crippen LogP contribution in [0, 0.1) is 0 Å². The molecular formula is C32H30N2S. The van der Waals surface area contributed by atoms with E-state index in [0.717, 1.165) is 5.65 Å². The first-order valence-corrected chi connectivity index (χ1v) is 14.0. The summed E-state index contributed by atoms with van der Waals surface area (Å²) in [7, 11) is -1.67. The van der Waals surface area contributed by atoms with Gasteiger partial charge in [-0.3, -0.25) is 4.40 Å². The summed E-state index contributed by atoms with van der Waals surface area (Å²) in [6.07, 6.45) is 2.16. The second-order valence-corrected chi connectivity index (χ2v) is 12.9. The monoisotopic (exact) mass is 474 g/mol. The molecule has 3 heteroatoms. The summed E-state index contributed by atoms with van der Waals surface area (Å²) in [5, 5.41) is 5.10. The van der Waals surface area contributed by atoms with Crippen LogP contribution >= 0.6 is 10.0 Å². The second kappa shape index (κ2) is 8.00. The average molecular weight is 475 g/mol. The van der Waals surface area contributed by atoms with Gasteiger partial charge in [0.2, 0.25) is 0 Å². The van der Waals surface area contributed by atoms with Crippen molar-refractivity contribution in [1.29, 1.82) is 0 Å². The highest BCUT2D eigenvalue weighted by Crippen LogP contribution is 2.80. The lowest BCUT2D eigenvalue weighted by molar-refractivity contribution is 0.739. The Balaban J connectivity index is 0.00000112. The van der Waals surface area contributed by atoms with Gasteiger partial charge >= 0.3 is 0 Å². The average Bonchev–Trinajstić information content (AvgIpc) is 3.37. The van der Waals surface area contributed by atoms with Gasteiger partial charge in [-0.2, -0.15) is 0 Å². The van der Waals surface area contributed by atoms with Gasteiger partial charge in [-0.25, -0.2) is 4.98 Å². The van der Waals surface area contributed by atoms with Gasteiger partial charge in [0, 0.05) is 25.3 Å². The maximum atomic E-state index is 5.10. The molecule has 0 fully saturated rings. The van der Waals surface area contributed by atoms with Crippen molar-refractivity contribution < 1.29 is 0 Å². The summed E-state index contributed by atoms with van der Waals surface area (Å²) >= 11 is 0. The SMILES string of the molecule is CC.CC1(C)c2cccc3c4ccccc4c4ncc(n4c23)S1(c1ccccc1)c1ccccc1. The van der Waals surface area contributed by atoms with E-state index in [2.05, 4.69) is 128 Å². The minimum atomic E-state index is -1.67. The third-order valence-corrected chi connectivity index (χ3v) is 12.0. The lowest BCUT2D eigenvalue weighted by Crippen LogP contribution is -2.32. The van der Waals surface area contributed by atoms with Crippen LogP contribution in [0.3, 0.4) is 0 Å². The molecule has 0 N–H and O–H groups in total. The Kier molecular flexibility index (Phi) is 5.01. The maximum Gasteiger partial charge on any atom is 0.146 e. The summed E-state index contributed by atoms with van der Waals surface area (Å²) in [5.41, 5.74) is 3.75. The molecule has 0 saturated heterocycles. The van der Waals surface area contributed by atoms with E-state index in [0.29, 0.717) is 0 Å². The smallest absolute Gasteiger partial charge is 0.146 e. The van der Waals surface area contributed by atoms with Crippen LogP contribution in [0.1, 0.15) is 33.3 Å². The minimum Gasteiger partial charge on any atom is -0.287 e. The van der Waals surface area contributed by atoms with Gasteiger partial charge in [0.05, 0.1) is 16.7 Å². The lowest BCUT2D eigenvalue weighted by Gasteiger charge is -2.55. The molecular weight excluding hydrogens is 444 g/mol. The standard InChI is InChI=1S/C30H24N2S.C2H6/c1-30(2)26-19-11-18-24-23-16-9-10-17-25(23)29-31-20-27(32(29)28(24)26)33(30,21-12-5-3-6-13-21)22-14-7-4-8-15-22;1-2/h3-20H,1-2H3;1-2H3. The van der Waals surface area contributed by atoms with Gasteiger partial charge in [0.25, 0.3) is 0 Å². The van der Waals surface area contributed by atoms with Crippen molar-refractivity contribution in [2.45, 2.75) is 47.3 Å². The van der Waals surface area contributed by atoms with E-state index >= 15 is 0 Å². The maximum absolute atomic E-state index is 5.10. The van der Waals surface area contributed by atoms with Gasteiger partial charge < -0.3 is 0 Å². The largest absolute Gasteiger partial charge is 0.287 e. The Morgan fingerprint density at radius 2 is 1.17 bits per heavy atom. The number of para-hydroxylation sites is 1. The third-order valence-electron chi connectivity index (χ3n) is 7.37. The Bertz CT molecular complexity index is 1640. The van der Waals surface area contributed by atoms with Gasteiger partial charge in [-0.05, 0) is 49.1 Å². The van der Waals surface area contributed by atoms with Crippen molar-refractivity contribution in [2.24, 2.45) is 0 Å². The molecule has 174 valence electrons. The van der Waals surface area contributed by atoms with Crippen LogP contribution in [0.25, 0.3) is 27.3 Å². The molecule has 35 heavy (non-hydrogen) atoms. The zero-order valence-electron chi connectivity index (χ0n) is 20.7. The van der Waals surface area contributed by atoms with Crippen LogP contribution in [0.5, 0.6) is 0 Å². The quantitative estimate of drug-likeness (QED) is 0.229. The number of hydrogen-bond donors (Lipinski definition) is 0. The van der Waals surface area contributed by atoms with Crippen LogP contribution in [0.15, 0.2) is 124 Å². The van der Waals surface area contributed by atoms with E-state index in [1.54, 1.807) is 0 Å². The molecule has 6 aromatic rings. The number of aromatic nitrogens is 2. The van der Waals surface area contributed by atoms with E-state index < -0.39 is 10.0 Å². The van der Waals surface area contributed by atoms with E-state index in [4.69, 9.17) is 4.98 Å². The summed E-state index contributed by atoms with van der Waals surface area (Å²) in [6, 6.07) is 37.8. The van der Waals surface area contributed by atoms with Crippen molar-refractivity contribution in [3.8, 4) is 0 Å². The van der Waals surface area contributed by atoms with Gasteiger partial charge in [-0.15, -0.1) is 10.0 Å². The van der Waals surface area contributed by atoms with Crippen molar-refractivity contribution in [3.05, 3.63) is 115 Å². The topological polar surface area (TPSA) is 17.3 Å². The molecule has 0 aliphatic carbocycles. The first-order valence-electron chi connectivity index (χ1n) is 12.4. The number of nitrogens with zero attached hydrogens (tertiary/aromatic N) is 2. The zero-order chi connectivity index (χ0) is 24.2. The first kappa shape index (κ1) is 21.9. The predicted molar refractivity (Wildman–Crippen MR) is 150 cm³/mol. The van der Waals surface area contributed by atoms with E-state index in [9.17, 15) is 0 Å². The fraction of sp³-hybridized carbons (Fsp3) is 0.156. The summed E-state index contributed by atoms with van der Waals surface area (Å²) in [6.45, 7) is 8.88. The summed E-state index contributed by atoms with van der Waals surface area (Å²) < 4.78 is 2.34. The highest BCUT2D eigenvalue weighted by Gasteiger charge is 2.51. The second-order valence-electron chi connectivity index (χ2n) is 9.25. The molecule has 1 aliphatic rings. The van der Waals surface area contributed by atoms with E-state index in [1.807, 2.05) is 13.8 Å². The lowest BCUT2D eigenvalue weighted by atomic mass is 9.96. The normalized spacial score (nSPS) is 16.2. The molecule has 0 unspecified atom stereocenters. The van der Waals surface area contributed by atoms with Crippen molar-refractivity contribution in [2.75, 3.05) is 0 Å². The molecule has 0 bridgehead atoms. The number of benzene rings is 4. The molecule has 0 radical (unpaired) electrons. The fourth-order valence-electron chi connectivity index (χ4n) is 6.00. The van der Waals surface area contributed by atoms with Crippen LogP contribution in [0.4, 0.5) is 0 Å². The van der Waals surface area contributed by atoms with Crippen LogP contribution in [-0.2, 0) is 4.75 Å². The number of fused-ring (bicyclic) bond motifs is 3. The number of pyridine rings is 1. The molecule has 0 saturated carbocycles. The Morgan fingerprint density at radius 1 is 0.629 bits per heavy atom. The number of hydrogen-bond acceptors (Lipinski definition) is 1. The van der Waals surface area contributed by atoms with Crippen LogP contribution in [-0.4, -0.2) is 9.38 Å². The van der Waals surface area contributed by atoms with Crippen molar-refractivity contribution >= 4 is 37.4 Å². The fourth-order valence-corrected chi connectivity index (χ4v) is 10.7. The van der Waals surface area contributed by atoms with Gasteiger partial charge in [0.15, 0.2) is 0 Å². The van der Waals surface area contributed by atoms with E-state index in [-0.39, 0.29) is 4.75 Å². The Morgan fingerprint density at radius 3 is 1.80 bits per heavy atom. The molecule has 0 atom stereocenters. The van der Waals surface area contributed by atoms with Crippen LogP contribution in [0.2, 0.25) is 0 Å². The molecule has 0 spiro atoms. The third kappa shape index (κ3) is 2.70. The molecule has 4 aromatic carbocycles. The molecule has 2 aromatic heterocycles. The Labute approximate surface area is 208 Å². The first-order chi connectivity index (χ1) is 17.2.